The average molecular weight is 307 g/mol. The van der Waals surface area contributed by atoms with Crippen molar-refractivity contribution in [1.29, 1.82) is 0 Å². The van der Waals surface area contributed by atoms with Crippen LogP contribution in [0.4, 0.5) is 0 Å². The third-order valence-electron chi connectivity index (χ3n) is 4.49. The fraction of sp³-hybridized carbons (Fsp3) is 0.625. The molecule has 2 aliphatic rings. The molecule has 0 bridgehead atoms. The highest BCUT2D eigenvalue weighted by Gasteiger charge is 2.60. The molecule has 1 aliphatic carbocycles. The Hall–Kier alpha value is -1.20. The maximum absolute atomic E-state index is 12.0. The lowest BCUT2D eigenvalue weighted by atomic mass is 9.57. The average Bonchev–Trinajstić information content (AvgIpc) is 2.88. The molecule has 0 amide bonds. The smallest absolute Gasteiger partial charge is 0.331 e. The summed E-state index contributed by atoms with van der Waals surface area (Å²) < 4.78 is 11.5. The lowest BCUT2D eigenvalue weighted by molar-refractivity contribution is -0.252. The van der Waals surface area contributed by atoms with E-state index in [9.17, 15) is 4.79 Å². The Morgan fingerprint density at radius 3 is 3.10 bits per heavy atom. The number of aryl methyl sites for hydroxylation is 1. The predicted molar refractivity (Wildman–Crippen MR) is 82.0 cm³/mol. The van der Waals surface area contributed by atoms with Crippen molar-refractivity contribution in [3.63, 3.8) is 0 Å². The van der Waals surface area contributed by atoms with Gasteiger partial charge < -0.3 is 9.47 Å². The highest BCUT2D eigenvalue weighted by Crippen LogP contribution is 2.52. The molecule has 114 valence electrons. The Bertz CT molecular complexity index is 564. The zero-order valence-electron chi connectivity index (χ0n) is 12.7. The third-order valence-corrected chi connectivity index (χ3v) is 5.37. The van der Waals surface area contributed by atoms with Crippen LogP contribution in [0.1, 0.15) is 36.6 Å². The van der Waals surface area contributed by atoms with Gasteiger partial charge in [0.25, 0.3) is 0 Å². The van der Waals surface area contributed by atoms with E-state index in [-0.39, 0.29) is 23.6 Å². The van der Waals surface area contributed by atoms with Crippen LogP contribution in [0, 0.1) is 18.3 Å². The number of hydrogen-bond acceptors (Lipinski definition) is 5. The zero-order chi connectivity index (χ0) is 15.0. The summed E-state index contributed by atoms with van der Waals surface area (Å²) in [5.41, 5.74) is -0.0876. The number of thiazole rings is 1. The Morgan fingerprint density at radius 1 is 1.57 bits per heavy atom. The number of hydrogen-bond donors (Lipinski definition) is 0. The highest BCUT2D eigenvalue weighted by molar-refractivity contribution is 7.12. The summed E-state index contributed by atoms with van der Waals surface area (Å²) in [5.74, 6) is 0.0832. The summed E-state index contributed by atoms with van der Waals surface area (Å²) in [6.07, 6.45) is 7.38. The van der Waals surface area contributed by atoms with E-state index < -0.39 is 0 Å². The number of fused-ring (bicyclic) bond motifs is 1. The molecule has 0 spiro atoms. The molecule has 2 heterocycles. The molecule has 2 fully saturated rings. The van der Waals surface area contributed by atoms with Crippen LogP contribution in [0.3, 0.4) is 0 Å². The molecule has 3 atom stereocenters. The molecule has 1 aromatic heterocycles. The molecule has 1 saturated carbocycles. The van der Waals surface area contributed by atoms with Crippen molar-refractivity contribution < 1.29 is 14.3 Å². The van der Waals surface area contributed by atoms with Crippen LogP contribution in [0.25, 0.3) is 6.08 Å². The van der Waals surface area contributed by atoms with Gasteiger partial charge in [-0.2, -0.15) is 0 Å². The van der Waals surface area contributed by atoms with E-state index in [0.717, 1.165) is 29.3 Å². The number of ether oxygens (including phenoxy) is 2. The van der Waals surface area contributed by atoms with Crippen LogP contribution in [0.15, 0.2) is 12.3 Å². The van der Waals surface area contributed by atoms with E-state index in [1.165, 1.54) is 6.08 Å². The molecular weight excluding hydrogens is 286 g/mol. The van der Waals surface area contributed by atoms with Crippen LogP contribution in [0.5, 0.6) is 0 Å². The van der Waals surface area contributed by atoms with Crippen LogP contribution < -0.4 is 0 Å². The molecule has 3 unspecified atom stereocenters. The van der Waals surface area contributed by atoms with Gasteiger partial charge in [0.05, 0.1) is 11.1 Å². The van der Waals surface area contributed by atoms with Gasteiger partial charge in [0.2, 0.25) is 0 Å². The van der Waals surface area contributed by atoms with Gasteiger partial charge in [-0.1, -0.05) is 13.8 Å². The minimum Gasteiger partial charge on any atom is -0.458 e. The first-order chi connectivity index (χ1) is 9.98. The molecule has 1 aliphatic heterocycles. The lowest BCUT2D eigenvalue weighted by Gasteiger charge is -2.58. The molecule has 0 aromatic carbocycles. The monoisotopic (exact) mass is 307 g/mol. The van der Waals surface area contributed by atoms with E-state index in [1.807, 2.05) is 6.92 Å². The zero-order valence-corrected chi connectivity index (χ0v) is 13.5. The number of esters is 1. The van der Waals surface area contributed by atoms with Crippen molar-refractivity contribution in [3.8, 4) is 0 Å². The number of carbonyl (C=O) groups is 1. The Kier molecular flexibility index (Phi) is 3.88. The summed E-state index contributed by atoms with van der Waals surface area (Å²) in [7, 11) is 0. The van der Waals surface area contributed by atoms with E-state index in [1.54, 1.807) is 23.6 Å². The first-order valence-corrected chi connectivity index (χ1v) is 8.23. The van der Waals surface area contributed by atoms with Crippen molar-refractivity contribution in [2.45, 2.75) is 45.8 Å². The maximum Gasteiger partial charge on any atom is 0.331 e. The normalized spacial score (nSPS) is 30.7. The largest absolute Gasteiger partial charge is 0.458 e. The second-order valence-electron chi connectivity index (χ2n) is 6.39. The summed E-state index contributed by atoms with van der Waals surface area (Å²) in [4.78, 5) is 17.2. The molecule has 21 heavy (non-hydrogen) atoms. The van der Waals surface area contributed by atoms with Gasteiger partial charge in [-0.25, -0.2) is 9.78 Å². The molecule has 0 radical (unpaired) electrons. The highest BCUT2D eigenvalue weighted by atomic mass is 32.1. The van der Waals surface area contributed by atoms with Crippen molar-refractivity contribution in [2.24, 2.45) is 11.3 Å². The van der Waals surface area contributed by atoms with E-state index in [0.29, 0.717) is 5.92 Å². The summed E-state index contributed by atoms with van der Waals surface area (Å²) in [6.45, 7) is 7.01. The fourth-order valence-electron chi connectivity index (χ4n) is 3.48. The van der Waals surface area contributed by atoms with Crippen molar-refractivity contribution in [3.05, 3.63) is 22.2 Å². The first-order valence-electron chi connectivity index (χ1n) is 7.41. The van der Waals surface area contributed by atoms with E-state index in [4.69, 9.17) is 9.47 Å². The molecular formula is C16H21NO3S. The second-order valence-corrected chi connectivity index (χ2v) is 7.66. The van der Waals surface area contributed by atoms with Crippen molar-refractivity contribution in [1.82, 2.24) is 4.98 Å². The van der Waals surface area contributed by atoms with E-state index in [2.05, 4.69) is 18.8 Å². The second kappa shape index (κ2) is 5.54. The molecule has 5 heteroatoms. The van der Waals surface area contributed by atoms with Crippen molar-refractivity contribution in [2.75, 3.05) is 6.61 Å². The van der Waals surface area contributed by atoms with Gasteiger partial charge in [-0.15, -0.1) is 11.3 Å². The van der Waals surface area contributed by atoms with Gasteiger partial charge in [0.1, 0.15) is 6.10 Å². The number of aromatic nitrogens is 1. The van der Waals surface area contributed by atoms with Gasteiger partial charge in [-0.3, -0.25) is 0 Å². The predicted octanol–water partition coefficient (Wildman–Crippen LogP) is 3.21. The Morgan fingerprint density at radius 2 is 2.38 bits per heavy atom. The van der Waals surface area contributed by atoms with Crippen LogP contribution in [0.2, 0.25) is 0 Å². The van der Waals surface area contributed by atoms with E-state index >= 15 is 0 Å². The molecule has 0 N–H and O–H groups in total. The van der Waals surface area contributed by atoms with Crippen LogP contribution in [-0.2, 0) is 14.3 Å². The molecule has 3 rings (SSSR count). The van der Waals surface area contributed by atoms with Gasteiger partial charge >= 0.3 is 5.97 Å². The third kappa shape index (κ3) is 2.77. The summed E-state index contributed by atoms with van der Waals surface area (Å²) in [5, 5.41) is 0.991. The summed E-state index contributed by atoms with van der Waals surface area (Å²) >= 11 is 1.56. The molecule has 4 nitrogen and oxygen atoms in total. The fourth-order valence-corrected chi connectivity index (χ4v) is 4.17. The molecule has 1 aromatic rings. The summed E-state index contributed by atoms with van der Waals surface area (Å²) in [6, 6.07) is 0. The quantitative estimate of drug-likeness (QED) is 0.635. The molecule has 1 saturated heterocycles. The SMILES string of the molecule is Cc1ncc(C=CC(=O)OC2C3CCCOC3C2(C)C)s1. The standard InChI is InChI=1S/C16H21NO3S/c1-10-17-9-11(21-10)6-7-13(18)20-15-12-5-4-8-19-14(12)16(15,2)3/h6-7,9,12,14-15H,4-5,8H2,1-3H3. The minimum atomic E-state index is -0.275. The minimum absolute atomic E-state index is 0.0388. The Balaban J connectivity index is 1.61. The van der Waals surface area contributed by atoms with Crippen LogP contribution >= 0.6 is 11.3 Å². The van der Waals surface area contributed by atoms with Gasteiger partial charge in [0, 0.05) is 35.1 Å². The van der Waals surface area contributed by atoms with Crippen molar-refractivity contribution >= 4 is 23.4 Å². The van der Waals surface area contributed by atoms with Gasteiger partial charge in [-0.05, 0) is 25.8 Å². The maximum atomic E-state index is 12.0. The lowest BCUT2D eigenvalue weighted by Crippen LogP contribution is -2.65. The number of carbonyl (C=O) groups excluding carboxylic acids is 1. The Labute approximate surface area is 129 Å². The van der Waals surface area contributed by atoms with Crippen LogP contribution in [-0.4, -0.2) is 29.8 Å². The first kappa shape index (κ1) is 14.7. The number of nitrogens with zero attached hydrogens (tertiary/aromatic N) is 1. The van der Waals surface area contributed by atoms with Gasteiger partial charge in [0.15, 0.2) is 0 Å². The number of rotatable bonds is 3. The topological polar surface area (TPSA) is 48.4 Å².